The summed E-state index contributed by atoms with van der Waals surface area (Å²) >= 11 is 0. The van der Waals surface area contributed by atoms with E-state index in [1.807, 2.05) is 0 Å². The number of nitrogens with one attached hydrogen (secondary N) is 1. The summed E-state index contributed by atoms with van der Waals surface area (Å²) < 4.78 is 0. The molecule has 1 aliphatic rings. The molecule has 1 nitrogen and oxygen atoms in total. The average molecular weight is 169 g/mol. The predicted molar refractivity (Wildman–Crippen MR) is 54.3 cm³/mol. The van der Waals surface area contributed by atoms with Gasteiger partial charge in [-0.2, -0.15) is 0 Å². The third kappa shape index (κ3) is 3.57. The van der Waals surface area contributed by atoms with E-state index in [1.165, 1.54) is 45.1 Å². The number of hydrogen-bond donors (Lipinski definition) is 1. The van der Waals surface area contributed by atoms with Gasteiger partial charge in [0, 0.05) is 6.04 Å². The third-order valence-corrected chi connectivity index (χ3v) is 2.90. The van der Waals surface area contributed by atoms with E-state index in [0.29, 0.717) is 0 Å². The first kappa shape index (κ1) is 10.0. The van der Waals surface area contributed by atoms with Crippen molar-refractivity contribution in [2.75, 3.05) is 6.54 Å². The Kier molecular flexibility index (Phi) is 4.67. The van der Waals surface area contributed by atoms with Gasteiger partial charge < -0.3 is 5.32 Å². The minimum Gasteiger partial charge on any atom is -0.314 e. The Morgan fingerprint density at radius 2 is 2.17 bits per heavy atom. The van der Waals surface area contributed by atoms with Crippen LogP contribution in [0.1, 0.15) is 52.4 Å². The lowest BCUT2D eigenvalue weighted by atomic mass is 9.87. The molecule has 0 spiro atoms. The summed E-state index contributed by atoms with van der Waals surface area (Å²) in [6.45, 7) is 5.87. The van der Waals surface area contributed by atoms with Gasteiger partial charge in [-0.25, -0.2) is 0 Å². The van der Waals surface area contributed by atoms with Crippen LogP contribution >= 0.6 is 0 Å². The molecule has 1 aliphatic carbocycles. The average Bonchev–Trinajstić information content (AvgIpc) is 2.05. The van der Waals surface area contributed by atoms with Crippen molar-refractivity contribution in [3.8, 4) is 0 Å². The lowest BCUT2D eigenvalue weighted by Gasteiger charge is -2.27. The summed E-state index contributed by atoms with van der Waals surface area (Å²) in [5, 5.41) is 3.65. The molecular formula is C11H23N. The van der Waals surface area contributed by atoms with Gasteiger partial charge >= 0.3 is 0 Å². The Hall–Kier alpha value is -0.0400. The zero-order valence-electron chi connectivity index (χ0n) is 8.60. The van der Waals surface area contributed by atoms with E-state index in [9.17, 15) is 0 Å². The standard InChI is InChI=1S/C11H23N/c1-3-4-8-12-11-7-5-6-10(2)9-11/h10-12H,3-9H2,1-2H3. The largest absolute Gasteiger partial charge is 0.314 e. The second-order valence-electron chi connectivity index (χ2n) is 4.28. The topological polar surface area (TPSA) is 12.0 Å². The second kappa shape index (κ2) is 5.58. The minimum absolute atomic E-state index is 0.834. The molecule has 0 aromatic carbocycles. The number of hydrogen-bond acceptors (Lipinski definition) is 1. The Morgan fingerprint density at radius 3 is 2.83 bits per heavy atom. The number of rotatable bonds is 4. The van der Waals surface area contributed by atoms with E-state index < -0.39 is 0 Å². The molecule has 0 bridgehead atoms. The molecule has 0 aliphatic heterocycles. The SMILES string of the molecule is CCCCNC1CCCC(C)C1. The zero-order chi connectivity index (χ0) is 8.81. The molecule has 1 saturated carbocycles. The van der Waals surface area contributed by atoms with Crippen LogP contribution in [0.3, 0.4) is 0 Å². The molecule has 12 heavy (non-hydrogen) atoms. The van der Waals surface area contributed by atoms with Crippen LogP contribution in [0.2, 0.25) is 0 Å². The zero-order valence-corrected chi connectivity index (χ0v) is 8.60. The molecule has 2 unspecified atom stereocenters. The van der Waals surface area contributed by atoms with Crippen molar-refractivity contribution in [3.63, 3.8) is 0 Å². The summed E-state index contributed by atoms with van der Waals surface area (Å²) in [7, 11) is 0. The van der Waals surface area contributed by atoms with Gasteiger partial charge in [-0.3, -0.25) is 0 Å². The molecule has 72 valence electrons. The van der Waals surface area contributed by atoms with Crippen molar-refractivity contribution >= 4 is 0 Å². The monoisotopic (exact) mass is 169 g/mol. The van der Waals surface area contributed by atoms with Gasteiger partial charge in [0.25, 0.3) is 0 Å². The molecule has 1 N–H and O–H groups in total. The van der Waals surface area contributed by atoms with Crippen molar-refractivity contribution in [2.45, 2.75) is 58.4 Å². The van der Waals surface area contributed by atoms with E-state index in [2.05, 4.69) is 19.2 Å². The van der Waals surface area contributed by atoms with Crippen molar-refractivity contribution in [3.05, 3.63) is 0 Å². The molecule has 1 rings (SSSR count). The summed E-state index contributed by atoms with van der Waals surface area (Å²) in [4.78, 5) is 0. The first-order valence-corrected chi connectivity index (χ1v) is 5.56. The van der Waals surface area contributed by atoms with Gasteiger partial charge in [-0.15, -0.1) is 0 Å². The smallest absolute Gasteiger partial charge is 0.00696 e. The fraction of sp³-hybridized carbons (Fsp3) is 1.00. The lowest BCUT2D eigenvalue weighted by Crippen LogP contribution is -2.34. The van der Waals surface area contributed by atoms with Gasteiger partial charge in [0.05, 0.1) is 0 Å². The van der Waals surface area contributed by atoms with Crippen LogP contribution in [0.25, 0.3) is 0 Å². The summed E-state index contributed by atoms with van der Waals surface area (Å²) in [6, 6.07) is 0.834. The first-order valence-electron chi connectivity index (χ1n) is 5.56. The van der Waals surface area contributed by atoms with Crippen LogP contribution in [0.5, 0.6) is 0 Å². The second-order valence-corrected chi connectivity index (χ2v) is 4.28. The molecule has 0 saturated heterocycles. The van der Waals surface area contributed by atoms with E-state index in [4.69, 9.17) is 0 Å². The van der Waals surface area contributed by atoms with Crippen LogP contribution in [-0.2, 0) is 0 Å². The molecule has 0 amide bonds. The van der Waals surface area contributed by atoms with E-state index >= 15 is 0 Å². The summed E-state index contributed by atoms with van der Waals surface area (Å²) in [5.74, 6) is 0.956. The van der Waals surface area contributed by atoms with Gasteiger partial charge in [0.15, 0.2) is 0 Å². The van der Waals surface area contributed by atoms with Gasteiger partial charge in [-0.1, -0.05) is 33.1 Å². The summed E-state index contributed by atoms with van der Waals surface area (Å²) in [5.41, 5.74) is 0. The minimum atomic E-state index is 0.834. The van der Waals surface area contributed by atoms with Crippen LogP contribution < -0.4 is 5.32 Å². The van der Waals surface area contributed by atoms with E-state index in [1.54, 1.807) is 0 Å². The van der Waals surface area contributed by atoms with Crippen molar-refractivity contribution in [1.82, 2.24) is 5.32 Å². The molecule has 0 radical (unpaired) electrons. The fourth-order valence-corrected chi connectivity index (χ4v) is 2.10. The highest BCUT2D eigenvalue weighted by molar-refractivity contribution is 4.75. The van der Waals surface area contributed by atoms with Crippen LogP contribution in [0, 0.1) is 5.92 Å². The van der Waals surface area contributed by atoms with E-state index in [-0.39, 0.29) is 0 Å². The van der Waals surface area contributed by atoms with Gasteiger partial charge in [0.1, 0.15) is 0 Å². The molecule has 2 atom stereocenters. The first-order chi connectivity index (χ1) is 5.83. The maximum Gasteiger partial charge on any atom is 0.00696 e. The van der Waals surface area contributed by atoms with Gasteiger partial charge in [0.2, 0.25) is 0 Å². The lowest BCUT2D eigenvalue weighted by molar-refractivity contribution is 0.301. The maximum atomic E-state index is 3.65. The highest BCUT2D eigenvalue weighted by atomic mass is 14.9. The summed E-state index contributed by atoms with van der Waals surface area (Å²) in [6.07, 6.45) is 8.36. The quantitative estimate of drug-likeness (QED) is 0.638. The Balaban J connectivity index is 2.06. The Bertz CT molecular complexity index is 112. The predicted octanol–water partition coefficient (Wildman–Crippen LogP) is 2.95. The molecule has 0 aromatic rings. The van der Waals surface area contributed by atoms with Crippen LogP contribution in [-0.4, -0.2) is 12.6 Å². The molecule has 1 heteroatoms. The van der Waals surface area contributed by atoms with E-state index in [0.717, 1.165) is 12.0 Å². The normalized spacial score (nSPS) is 30.5. The third-order valence-electron chi connectivity index (χ3n) is 2.90. The molecule has 1 fully saturated rings. The van der Waals surface area contributed by atoms with Crippen molar-refractivity contribution in [2.24, 2.45) is 5.92 Å². The van der Waals surface area contributed by atoms with Crippen molar-refractivity contribution in [1.29, 1.82) is 0 Å². The number of unbranched alkanes of at least 4 members (excludes halogenated alkanes) is 1. The maximum absolute atomic E-state index is 3.65. The van der Waals surface area contributed by atoms with Crippen LogP contribution in [0.4, 0.5) is 0 Å². The van der Waals surface area contributed by atoms with Gasteiger partial charge in [-0.05, 0) is 31.7 Å². The Labute approximate surface area is 76.9 Å². The highest BCUT2D eigenvalue weighted by Crippen LogP contribution is 2.23. The molecular weight excluding hydrogens is 146 g/mol. The Morgan fingerprint density at radius 1 is 1.33 bits per heavy atom. The highest BCUT2D eigenvalue weighted by Gasteiger charge is 2.17. The fourth-order valence-electron chi connectivity index (χ4n) is 2.10. The molecule has 0 aromatic heterocycles. The van der Waals surface area contributed by atoms with Crippen LogP contribution in [0.15, 0.2) is 0 Å². The molecule has 0 heterocycles. The van der Waals surface area contributed by atoms with Crippen molar-refractivity contribution < 1.29 is 0 Å².